The summed E-state index contributed by atoms with van der Waals surface area (Å²) in [6.45, 7) is 3.62. The quantitative estimate of drug-likeness (QED) is 0.275. The first-order valence-electron chi connectivity index (χ1n) is 12.6. The van der Waals surface area contributed by atoms with Crippen LogP contribution in [0.5, 0.6) is 0 Å². The molecular formula is C29H32Cl3N3O4S. The fraction of sp³-hybridized carbons (Fsp3) is 0.310. The minimum atomic E-state index is -3.94. The van der Waals surface area contributed by atoms with Crippen LogP contribution in [-0.4, -0.2) is 50.5 Å². The minimum Gasteiger partial charge on any atom is -0.354 e. The largest absolute Gasteiger partial charge is 0.354 e. The molecule has 3 rings (SSSR count). The van der Waals surface area contributed by atoms with Gasteiger partial charge in [0.05, 0.1) is 17.0 Å². The Bertz CT molecular complexity index is 1420. The van der Waals surface area contributed by atoms with E-state index in [0.717, 1.165) is 16.1 Å². The van der Waals surface area contributed by atoms with Crippen molar-refractivity contribution in [3.05, 3.63) is 99.0 Å². The highest BCUT2D eigenvalue weighted by molar-refractivity contribution is 7.92. The van der Waals surface area contributed by atoms with E-state index in [4.69, 9.17) is 34.8 Å². The van der Waals surface area contributed by atoms with Gasteiger partial charge in [0.2, 0.25) is 21.8 Å². The molecule has 1 atom stereocenters. The van der Waals surface area contributed by atoms with Crippen LogP contribution in [0.2, 0.25) is 15.1 Å². The van der Waals surface area contributed by atoms with Crippen LogP contribution in [0, 0.1) is 5.92 Å². The summed E-state index contributed by atoms with van der Waals surface area (Å²) in [6.07, 6.45) is 1.18. The predicted molar refractivity (Wildman–Crippen MR) is 162 cm³/mol. The smallest absolute Gasteiger partial charge is 0.244 e. The number of rotatable bonds is 12. The zero-order valence-electron chi connectivity index (χ0n) is 22.5. The lowest BCUT2D eigenvalue weighted by atomic mass is 10.0. The number of hydrogen-bond donors (Lipinski definition) is 1. The van der Waals surface area contributed by atoms with Crippen molar-refractivity contribution in [3.63, 3.8) is 0 Å². The van der Waals surface area contributed by atoms with Crippen molar-refractivity contribution >= 4 is 62.3 Å². The summed E-state index contributed by atoms with van der Waals surface area (Å²) in [5.74, 6) is -0.830. The first-order valence-corrected chi connectivity index (χ1v) is 15.6. The zero-order chi connectivity index (χ0) is 29.4. The molecule has 214 valence electrons. The van der Waals surface area contributed by atoms with Gasteiger partial charge in [-0.3, -0.25) is 13.9 Å². The van der Waals surface area contributed by atoms with Gasteiger partial charge < -0.3 is 10.2 Å². The first kappa shape index (κ1) is 31.7. The van der Waals surface area contributed by atoms with Gasteiger partial charge in [-0.2, -0.15) is 0 Å². The van der Waals surface area contributed by atoms with E-state index in [2.05, 4.69) is 5.32 Å². The van der Waals surface area contributed by atoms with Crippen molar-refractivity contribution in [1.29, 1.82) is 0 Å². The number of anilines is 1. The number of halogens is 3. The van der Waals surface area contributed by atoms with Gasteiger partial charge >= 0.3 is 0 Å². The Morgan fingerprint density at radius 3 is 2.00 bits per heavy atom. The molecule has 3 aromatic rings. The zero-order valence-corrected chi connectivity index (χ0v) is 25.6. The molecule has 0 aliphatic heterocycles. The molecule has 7 nitrogen and oxygen atoms in total. The summed E-state index contributed by atoms with van der Waals surface area (Å²) in [4.78, 5) is 29.1. The fourth-order valence-corrected chi connectivity index (χ4v) is 5.75. The Labute approximate surface area is 251 Å². The van der Waals surface area contributed by atoms with E-state index >= 15 is 0 Å². The Kier molecular flexibility index (Phi) is 11.3. The second-order valence-electron chi connectivity index (χ2n) is 9.79. The monoisotopic (exact) mass is 623 g/mol. The van der Waals surface area contributed by atoms with Gasteiger partial charge in [-0.1, -0.05) is 97.2 Å². The second-order valence-corrected chi connectivity index (χ2v) is 12.9. The first-order chi connectivity index (χ1) is 18.9. The standard InChI is InChI=1S/C29H32Cl3N3O4S/c1-20(2)17-33-29(37)27(16-21-10-5-4-6-11-21)34(18-22-23(30)13-9-14-24(22)31)28(36)19-35(40(3,38)39)26-15-8-7-12-25(26)32/h4-15,20,27H,16-19H2,1-3H3,(H,33,37)/t27-/m1/s1. The van der Waals surface area contributed by atoms with Crippen LogP contribution >= 0.6 is 34.8 Å². The Hall–Kier alpha value is -2.78. The summed E-state index contributed by atoms with van der Waals surface area (Å²) < 4.78 is 26.6. The summed E-state index contributed by atoms with van der Waals surface area (Å²) in [5, 5.41) is 3.72. The fourth-order valence-electron chi connectivity index (χ4n) is 4.08. The summed E-state index contributed by atoms with van der Waals surface area (Å²) in [6, 6.07) is 19.6. The average Bonchev–Trinajstić information content (AvgIpc) is 2.89. The van der Waals surface area contributed by atoms with Crippen molar-refractivity contribution in [2.24, 2.45) is 5.92 Å². The summed E-state index contributed by atoms with van der Waals surface area (Å²) in [7, 11) is -3.94. The maximum absolute atomic E-state index is 14.1. The van der Waals surface area contributed by atoms with Gasteiger partial charge in [0.1, 0.15) is 12.6 Å². The number of carbonyl (C=O) groups excluding carboxylic acids is 2. The van der Waals surface area contributed by atoms with E-state index in [1.807, 2.05) is 44.2 Å². The summed E-state index contributed by atoms with van der Waals surface area (Å²) in [5.41, 5.74) is 1.42. The number of nitrogens with one attached hydrogen (secondary N) is 1. The lowest BCUT2D eigenvalue weighted by Crippen LogP contribution is -2.53. The van der Waals surface area contributed by atoms with E-state index in [1.165, 1.54) is 11.0 Å². The molecule has 2 amide bonds. The van der Waals surface area contributed by atoms with E-state index in [-0.39, 0.29) is 35.5 Å². The highest BCUT2D eigenvalue weighted by atomic mass is 35.5. The van der Waals surface area contributed by atoms with Crippen molar-refractivity contribution in [1.82, 2.24) is 10.2 Å². The minimum absolute atomic E-state index is 0.121. The molecule has 0 aromatic heterocycles. The third-order valence-electron chi connectivity index (χ3n) is 6.15. The topological polar surface area (TPSA) is 86.8 Å². The third kappa shape index (κ3) is 8.61. The molecule has 0 radical (unpaired) electrons. The number of nitrogens with zero attached hydrogens (tertiary/aromatic N) is 2. The summed E-state index contributed by atoms with van der Waals surface area (Å²) >= 11 is 19.3. The Balaban J connectivity index is 2.10. The predicted octanol–water partition coefficient (Wildman–Crippen LogP) is 5.83. The number of sulfonamides is 1. The van der Waals surface area contributed by atoms with E-state index in [1.54, 1.807) is 36.4 Å². The molecular weight excluding hydrogens is 593 g/mol. The van der Waals surface area contributed by atoms with E-state index in [9.17, 15) is 18.0 Å². The van der Waals surface area contributed by atoms with Gasteiger partial charge in [-0.05, 0) is 35.7 Å². The van der Waals surface area contributed by atoms with Crippen molar-refractivity contribution < 1.29 is 18.0 Å². The highest BCUT2D eigenvalue weighted by Gasteiger charge is 2.34. The van der Waals surface area contributed by atoms with Crippen LogP contribution in [-0.2, 0) is 32.6 Å². The SMILES string of the molecule is CC(C)CNC(=O)[C@@H](Cc1ccccc1)N(Cc1c(Cl)cccc1Cl)C(=O)CN(c1ccccc1Cl)S(C)(=O)=O. The number of carbonyl (C=O) groups is 2. The third-order valence-corrected chi connectivity index (χ3v) is 8.30. The van der Waals surface area contributed by atoms with Crippen LogP contribution in [0.4, 0.5) is 5.69 Å². The van der Waals surface area contributed by atoms with Gasteiger partial charge in [0.15, 0.2) is 0 Å². The molecule has 0 heterocycles. The molecule has 1 N–H and O–H groups in total. The van der Waals surface area contributed by atoms with Crippen molar-refractivity contribution in [3.8, 4) is 0 Å². The molecule has 40 heavy (non-hydrogen) atoms. The van der Waals surface area contributed by atoms with Gasteiger partial charge in [-0.25, -0.2) is 8.42 Å². The van der Waals surface area contributed by atoms with Crippen LogP contribution in [0.15, 0.2) is 72.8 Å². The van der Waals surface area contributed by atoms with Gasteiger partial charge in [0.25, 0.3) is 0 Å². The molecule has 0 spiro atoms. The average molecular weight is 625 g/mol. The van der Waals surface area contributed by atoms with Gasteiger partial charge in [-0.15, -0.1) is 0 Å². The van der Waals surface area contributed by atoms with Crippen LogP contribution in [0.1, 0.15) is 25.0 Å². The van der Waals surface area contributed by atoms with Crippen molar-refractivity contribution in [2.45, 2.75) is 32.9 Å². The number of para-hydroxylation sites is 1. The Morgan fingerprint density at radius 2 is 1.43 bits per heavy atom. The molecule has 11 heteroatoms. The van der Waals surface area contributed by atoms with Gasteiger partial charge in [0, 0.05) is 35.1 Å². The van der Waals surface area contributed by atoms with E-state index in [0.29, 0.717) is 22.2 Å². The number of amides is 2. The molecule has 0 saturated carbocycles. The number of hydrogen-bond acceptors (Lipinski definition) is 4. The molecule has 0 aliphatic carbocycles. The van der Waals surface area contributed by atoms with E-state index < -0.39 is 28.5 Å². The molecule has 0 saturated heterocycles. The molecule has 0 aliphatic rings. The lowest BCUT2D eigenvalue weighted by Gasteiger charge is -2.34. The second kappa shape index (κ2) is 14.2. The van der Waals surface area contributed by atoms with Crippen LogP contribution < -0.4 is 9.62 Å². The maximum atomic E-state index is 14.1. The molecule has 0 fully saturated rings. The van der Waals surface area contributed by atoms with Crippen LogP contribution in [0.3, 0.4) is 0 Å². The normalized spacial score (nSPS) is 12.2. The molecule has 0 bridgehead atoms. The molecule has 3 aromatic carbocycles. The maximum Gasteiger partial charge on any atom is 0.244 e. The Morgan fingerprint density at radius 1 is 0.850 bits per heavy atom. The highest BCUT2D eigenvalue weighted by Crippen LogP contribution is 2.30. The number of benzene rings is 3. The van der Waals surface area contributed by atoms with Crippen molar-refractivity contribution in [2.75, 3.05) is 23.7 Å². The molecule has 0 unspecified atom stereocenters. The van der Waals surface area contributed by atoms with Crippen LogP contribution in [0.25, 0.3) is 0 Å². The lowest BCUT2D eigenvalue weighted by molar-refractivity contribution is -0.140.